The summed E-state index contributed by atoms with van der Waals surface area (Å²) < 4.78 is 38.7. The van der Waals surface area contributed by atoms with E-state index in [4.69, 9.17) is 5.73 Å². The van der Waals surface area contributed by atoms with E-state index in [0.717, 1.165) is 0 Å². The molecule has 100 valence electrons. The van der Waals surface area contributed by atoms with Crippen molar-refractivity contribution in [3.8, 4) is 0 Å². The summed E-state index contributed by atoms with van der Waals surface area (Å²) in [7, 11) is 0. The highest BCUT2D eigenvalue weighted by Crippen LogP contribution is 2.61. The first kappa shape index (κ1) is 13.3. The Morgan fingerprint density at radius 1 is 1.33 bits per heavy atom. The van der Waals surface area contributed by atoms with E-state index in [1.54, 1.807) is 19.3 Å². The van der Waals surface area contributed by atoms with Gasteiger partial charge in [-0.15, -0.1) is 0 Å². The second-order valence-electron chi connectivity index (χ2n) is 4.98. The molecule has 1 aromatic heterocycles. The lowest BCUT2D eigenvalue weighted by Crippen LogP contribution is -2.28. The van der Waals surface area contributed by atoms with Crippen LogP contribution in [0.5, 0.6) is 0 Å². The van der Waals surface area contributed by atoms with Gasteiger partial charge in [-0.1, -0.05) is 0 Å². The van der Waals surface area contributed by atoms with E-state index in [1.807, 2.05) is 0 Å². The van der Waals surface area contributed by atoms with Gasteiger partial charge >= 0.3 is 6.18 Å². The Morgan fingerprint density at radius 2 is 1.89 bits per heavy atom. The minimum atomic E-state index is -4.13. The molecule has 0 bridgehead atoms. The van der Waals surface area contributed by atoms with E-state index >= 15 is 0 Å². The molecule has 2 rings (SSSR count). The Balaban J connectivity index is 2.13. The molecule has 0 aromatic carbocycles. The predicted octanol–water partition coefficient (Wildman–Crippen LogP) is 2.56. The van der Waals surface area contributed by atoms with Crippen LogP contribution in [0.25, 0.3) is 0 Å². The molecule has 0 unspecified atom stereocenters. The lowest BCUT2D eigenvalue weighted by atomic mass is 9.87. The van der Waals surface area contributed by atoms with Gasteiger partial charge in [0.2, 0.25) is 0 Å². The lowest BCUT2D eigenvalue weighted by Gasteiger charge is -2.24. The Labute approximate surface area is 104 Å². The zero-order chi connectivity index (χ0) is 13.4. The number of hydrogen-bond acceptors (Lipinski definition) is 3. The van der Waals surface area contributed by atoms with E-state index in [1.165, 1.54) is 0 Å². The van der Waals surface area contributed by atoms with Gasteiger partial charge in [0, 0.05) is 18.3 Å². The highest BCUT2D eigenvalue weighted by atomic mass is 19.4. The molecule has 0 radical (unpaired) electrons. The second-order valence-corrected chi connectivity index (χ2v) is 4.98. The normalized spacial score (nSPS) is 19.6. The lowest BCUT2D eigenvalue weighted by molar-refractivity contribution is -0.190. The quantitative estimate of drug-likeness (QED) is 0.904. The monoisotopic (exact) mass is 259 g/mol. The number of nitrogens with zero attached hydrogens (tertiary/aromatic N) is 2. The molecular formula is C12H16F3N3. The van der Waals surface area contributed by atoms with Crippen LogP contribution < -0.4 is 5.73 Å². The average molecular weight is 259 g/mol. The minimum absolute atomic E-state index is 0.0411. The van der Waals surface area contributed by atoms with Crippen LogP contribution in [0.4, 0.5) is 13.2 Å². The Morgan fingerprint density at radius 3 is 2.28 bits per heavy atom. The number of hydrogen-bond donors (Lipinski definition) is 1. The van der Waals surface area contributed by atoms with Gasteiger partial charge < -0.3 is 5.73 Å². The summed E-state index contributed by atoms with van der Waals surface area (Å²) in [6, 6.07) is 0. The molecule has 0 spiro atoms. The third-order valence-corrected chi connectivity index (χ3v) is 3.65. The van der Waals surface area contributed by atoms with Gasteiger partial charge in [-0.25, -0.2) is 9.97 Å². The molecule has 3 nitrogen and oxygen atoms in total. The van der Waals surface area contributed by atoms with Crippen molar-refractivity contribution in [2.24, 2.45) is 11.1 Å². The van der Waals surface area contributed by atoms with E-state index in [9.17, 15) is 13.2 Å². The molecule has 6 heteroatoms. The Bertz CT molecular complexity index is 410. The standard InChI is InChI=1S/C12H16F3N3/c1-8-17-6-10(7-18-8)9(5-16)4-11(2-3-11)12(13,14)15/h6-7,9H,2-5,16H2,1H3/t9-/m1/s1. The molecule has 1 aliphatic rings. The number of aromatic nitrogens is 2. The molecule has 1 aromatic rings. The van der Waals surface area contributed by atoms with Crippen molar-refractivity contribution in [3.05, 3.63) is 23.8 Å². The fraction of sp³-hybridized carbons (Fsp3) is 0.667. The van der Waals surface area contributed by atoms with Gasteiger partial charge in [0.15, 0.2) is 0 Å². The maximum atomic E-state index is 12.9. The van der Waals surface area contributed by atoms with Crippen molar-refractivity contribution < 1.29 is 13.2 Å². The number of nitrogens with two attached hydrogens (primary N) is 1. The smallest absolute Gasteiger partial charge is 0.330 e. The first-order valence-corrected chi connectivity index (χ1v) is 5.93. The zero-order valence-electron chi connectivity index (χ0n) is 10.2. The largest absolute Gasteiger partial charge is 0.394 e. The summed E-state index contributed by atoms with van der Waals surface area (Å²) in [4.78, 5) is 8.03. The highest BCUT2D eigenvalue weighted by Gasteiger charge is 2.63. The summed E-state index contributed by atoms with van der Waals surface area (Å²) in [5.74, 6) is 0.279. The van der Waals surface area contributed by atoms with Crippen LogP contribution in [0.3, 0.4) is 0 Å². The molecule has 1 saturated carbocycles. The summed E-state index contributed by atoms with van der Waals surface area (Å²) in [5.41, 5.74) is 4.77. The van der Waals surface area contributed by atoms with Crippen LogP contribution in [-0.2, 0) is 0 Å². The van der Waals surface area contributed by atoms with Crippen LogP contribution in [0.1, 0.15) is 36.6 Å². The molecule has 1 fully saturated rings. The summed E-state index contributed by atoms with van der Waals surface area (Å²) >= 11 is 0. The first-order chi connectivity index (χ1) is 8.38. The van der Waals surface area contributed by atoms with Crippen molar-refractivity contribution in [2.45, 2.75) is 38.3 Å². The molecule has 0 amide bonds. The van der Waals surface area contributed by atoms with Gasteiger partial charge in [0.1, 0.15) is 5.82 Å². The Kier molecular flexibility index (Phi) is 3.31. The fourth-order valence-corrected chi connectivity index (χ4v) is 2.18. The van der Waals surface area contributed by atoms with Crippen molar-refractivity contribution >= 4 is 0 Å². The molecule has 0 aliphatic heterocycles. The maximum Gasteiger partial charge on any atom is 0.394 e. The van der Waals surface area contributed by atoms with Crippen LogP contribution in [0.15, 0.2) is 12.4 Å². The molecular weight excluding hydrogens is 243 g/mol. The van der Waals surface area contributed by atoms with Crippen LogP contribution in [0, 0.1) is 12.3 Å². The number of rotatable bonds is 4. The van der Waals surface area contributed by atoms with Gasteiger partial charge in [0.05, 0.1) is 5.41 Å². The van der Waals surface area contributed by atoms with E-state index in [0.29, 0.717) is 11.4 Å². The first-order valence-electron chi connectivity index (χ1n) is 5.93. The average Bonchev–Trinajstić information content (AvgIpc) is 3.07. The number of alkyl halides is 3. The number of halogens is 3. The number of aryl methyl sites for hydroxylation is 1. The van der Waals surface area contributed by atoms with Crippen molar-refractivity contribution in [1.29, 1.82) is 0 Å². The van der Waals surface area contributed by atoms with Crippen LogP contribution in [0.2, 0.25) is 0 Å². The van der Waals surface area contributed by atoms with Crippen LogP contribution >= 0.6 is 0 Å². The van der Waals surface area contributed by atoms with E-state index in [2.05, 4.69) is 9.97 Å². The molecule has 1 aliphatic carbocycles. The van der Waals surface area contributed by atoms with Gasteiger partial charge in [-0.2, -0.15) is 13.2 Å². The maximum absolute atomic E-state index is 12.9. The summed E-state index contributed by atoms with van der Waals surface area (Å²) in [6.07, 6.45) is -0.524. The fourth-order valence-electron chi connectivity index (χ4n) is 2.18. The third-order valence-electron chi connectivity index (χ3n) is 3.65. The van der Waals surface area contributed by atoms with Gasteiger partial charge in [-0.05, 0) is 38.3 Å². The molecule has 1 heterocycles. The van der Waals surface area contributed by atoms with Crippen LogP contribution in [-0.4, -0.2) is 22.7 Å². The van der Waals surface area contributed by atoms with Crippen molar-refractivity contribution in [2.75, 3.05) is 6.54 Å². The molecule has 1 atom stereocenters. The minimum Gasteiger partial charge on any atom is -0.330 e. The topological polar surface area (TPSA) is 51.8 Å². The van der Waals surface area contributed by atoms with Gasteiger partial charge in [-0.3, -0.25) is 0 Å². The highest BCUT2D eigenvalue weighted by molar-refractivity contribution is 5.15. The van der Waals surface area contributed by atoms with Gasteiger partial charge in [0.25, 0.3) is 0 Å². The molecule has 0 saturated heterocycles. The molecule has 18 heavy (non-hydrogen) atoms. The Hall–Kier alpha value is -1.17. The predicted molar refractivity (Wildman–Crippen MR) is 60.9 cm³/mol. The summed E-state index contributed by atoms with van der Waals surface area (Å²) in [5, 5.41) is 0. The second kappa shape index (κ2) is 4.50. The van der Waals surface area contributed by atoms with Crippen molar-refractivity contribution in [3.63, 3.8) is 0 Å². The van der Waals surface area contributed by atoms with Crippen molar-refractivity contribution in [1.82, 2.24) is 9.97 Å². The molecule has 2 N–H and O–H groups in total. The zero-order valence-corrected chi connectivity index (χ0v) is 10.2. The van der Waals surface area contributed by atoms with E-state index < -0.39 is 11.6 Å². The summed E-state index contributed by atoms with van der Waals surface area (Å²) in [6.45, 7) is 1.92. The SMILES string of the molecule is Cc1ncc([C@@H](CN)CC2(C(F)(F)F)CC2)cn1. The van der Waals surface area contributed by atoms with E-state index in [-0.39, 0.29) is 31.7 Å². The third kappa shape index (κ3) is 2.48.